The Labute approximate surface area is 118 Å². The van der Waals surface area contributed by atoms with Crippen molar-refractivity contribution in [3.63, 3.8) is 0 Å². The van der Waals surface area contributed by atoms with E-state index in [1.807, 2.05) is 25.1 Å². The Kier molecular flexibility index (Phi) is 4.04. The highest BCUT2D eigenvalue weighted by Crippen LogP contribution is 2.32. The average Bonchev–Trinajstić information content (AvgIpc) is 2.33. The van der Waals surface area contributed by atoms with E-state index in [4.69, 9.17) is 16.3 Å². The Morgan fingerprint density at radius 1 is 1.33 bits per heavy atom. The van der Waals surface area contributed by atoms with Gasteiger partial charge in [-0.1, -0.05) is 27.5 Å². The van der Waals surface area contributed by atoms with Crippen LogP contribution in [0.25, 0.3) is 0 Å². The van der Waals surface area contributed by atoms with E-state index in [9.17, 15) is 0 Å². The molecule has 1 aromatic carbocycles. The molecule has 94 valence electrons. The smallest absolute Gasteiger partial charge is 0.199 e. The topological polar surface area (TPSA) is 47.0 Å². The Bertz CT molecular complexity index is 577. The Hall–Kier alpha value is -1.33. The van der Waals surface area contributed by atoms with E-state index in [0.29, 0.717) is 11.6 Å². The molecule has 0 radical (unpaired) electrons. The van der Waals surface area contributed by atoms with Crippen molar-refractivity contribution < 1.29 is 4.74 Å². The molecular weight excluding hydrogens is 318 g/mol. The molecule has 18 heavy (non-hydrogen) atoms. The second kappa shape index (κ2) is 5.54. The van der Waals surface area contributed by atoms with Gasteiger partial charge in [-0.25, -0.2) is 9.97 Å². The maximum Gasteiger partial charge on any atom is 0.199 e. The summed E-state index contributed by atoms with van der Waals surface area (Å²) in [5.41, 5.74) is 2.02. The quantitative estimate of drug-likeness (QED) is 0.867. The van der Waals surface area contributed by atoms with Crippen LogP contribution in [0.5, 0.6) is 5.75 Å². The minimum absolute atomic E-state index is 0.282. The summed E-state index contributed by atoms with van der Waals surface area (Å²) in [5.74, 6) is 0.976. The van der Waals surface area contributed by atoms with E-state index in [0.717, 1.165) is 15.7 Å². The van der Waals surface area contributed by atoms with Crippen LogP contribution < -0.4 is 10.1 Å². The molecule has 1 heterocycles. The normalized spacial score (nSPS) is 10.2. The van der Waals surface area contributed by atoms with Gasteiger partial charge in [0.15, 0.2) is 16.7 Å². The summed E-state index contributed by atoms with van der Waals surface area (Å²) in [4.78, 5) is 8.00. The van der Waals surface area contributed by atoms with Crippen molar-refractivity contribution in [3.8, 4) is 5.75 Å². The van der Waals surface area contributed by atoms with E-state index in [2.05, 4.69) is 31.2 Å². The number of benzene rings is 1. The summed E-state index contributed by atoms with van der Waals surface area (Å²) in [6.07, 6.45) is 1.39. The van der Waals surface area contributed by atoms with Crippen molar-refractivity contribution in [1.29, 1.82) is 0 Å². The van der Waals surface area contributed by atoms with Crippen molar-refractivity contribution in [3.05, 3.63) is 39.7 Å². The summed E-state index contributed by atoms with van der Waals surface area (Å²) in [6, 6.07) is 5.91. The zero-order valence-electron chi connectivity index (χ0n) is 9.87. The van der Waals surface area contributed by atoms with Gasteiger partial charge in [0.1, 0.15) is 6.33 Å². The Balaban J connectivity index is 2.37. The van der Waals surface area contributed by atoms with E-state index < -0.39 is 0 Å². The van der Waals surface area contributed by atoms with Crippen LogP contribution in [0.1, 0.15) is 5.56 Å². The first-order valence-corrected chi connectivity index (χ1v) is 6.36. The summed E-state index contributed by atoms with van der Waals surface area (Å²) >= 11 is 9.36. The summed E-state index contributed by atoms with van der Waals surface area (Å²) in [6.45, 7) is 2.00. The molecule has 0 fully saturated rings. The van der Waals surface area contributed by atoms with Gasteiger partial charge in [-0.05, 0) is 30.7 Å². The molecule has 6 heteroatoms. The van der Waals surface area contributed by atoms with Gasteiger partial charge in [-0.3, -0.25) is 0 Å². The molecule has 4 nitrogen and oxygen atoms in total. The number of ether oxygens (including phenoxy) is 1. The highest BCUT2D eigenvalue weighted by atomic mass is 79.9. The van der Waals surface area contributed by atoms with Crippen molar-refractivity contribution in [2.75, 3.05) is 12.4 Å². The molecule has 0 aliphatic rings. The van der Waals surface area contributed by atoms with E-state index >= 15 is 0 Å². The van der Waals surface area contributed by atoms with Gasteiger partial charge in [0.05, 0.1) is 7.11 Å². The zero-order chi connectivity index (χ0) is 13.1. The SMILES string of the molecule is COc1c(Cl)ncnc1Nc1ccc(Br)cc1C. The minimum atomic E-state index is 0.282. The summed E-state index contributed by atoms with van der Waals surface area (Å²) in [5, 5.41) is 3.46. The van der Waals surface area contributed by atoms with Gasteiger partial charge in [-0.15, -0.1) is 0 Å². The summed E-state index contributed by atoms with van der Waals surface area (Å²) < 4.78 is 6.21. The van der Waals surface area contributed by atoms with Crippen molar-refractivity contribution >= 4 is 39.0 Å². The predicted octanol–water partition coefficient (Wildman–Crippen LogP) is 3.95. The largest absolute Gasteiger partial charge is 0.490 e. The average molecular weight is 329 g/mol. The van der Waals surface area contributed by atoms with Gasteiger partial charge >= 0.3 is 0 Å². The molecule has 0 unspecified atom stereocenters. The summed E-state index contributed by atoms with van der Waals surface area (Å²) in [7, 11) is 1.53. The maximum atomic E-state index is 5.94. The minimum Gasteiger partial charge on any atom is -0.490 e. The van der Waals surface area contributed by atoms with Gasteiger partial charge in [0.25, 0.3) is 0 Å². The van der Waals surface area contributed by atoms with Crippen LogP contribution in [0.2, 0.25) is 5.15 Å². The first-order chi connectivity index (χ1) is 8.61. The number of nitrogens with one attached hydrogen (secondary N) is 1. The molecule has 2 rings (SSSR count). The third-order valence-electron chi connectivity index (χ3n) is 2.41. The van der Waals surface area contributed by atoms with Gasteiger partial charge in [0.2, 0.25) is 0 Å². The molecule has 0 saturated carbocycles. The molecule has 0 bridgehead atoms. The highest BCUT2D eigenvalue weighted by molar-refractivity contribution is 9.10. The molecular formula is C12H11BrClN3O. The fourth-order valence-corrected chi connectivity index (χ4v) is 2.20. The first-order valence-electron chi connectivity index (χ1n) is 5.19. The van der Waals surface area contributed by atoms with Crippen LogP contribution in [0.15, 0.2) is 29.0 Å². The first kappa shape index (κ1) is 13.1. The monoisotopic (exact) mass is 327 g/mol. The lowest BCUT2D eigenvalue weighted by Gasteiger charge is -2.12. The van der Waals surface area contributed by atoms with Crippen LogP contribution >= 0.6 is 27.5 Å². The Morgan fingerprint density at radius 2 is 2.11 bits per heavy atom. The number of rotatable bonds is 3. The number of halogens is 2. The number of methoxy groups -OCH3 is 1. The van der Waals surface area contributed by atoms with Crippen LogP contribution in [0.4, 0.5) is 11.5 Å². The zero-order valence-corrected chi connectivity index (χ0v) is 12.2. The fourth-order valence-electron chi connectivity index (χ4n) is 1.52. The predicted molar refractivity (Wildman–Crippen MR) is 75.8 cm³/mol. The third-order valence-corrected chi connectivity index (χ3v) is 3.17. The van der Waals surface area contributed by atoms with Gasteiger partial charge < -0.3 is 10.1 Å². The number of hydrogen-bond acceptors (Lipinski definition) is 4. The molecule has 0 atom stereocenters. The van der Waals surface area contributed by atoms with E-state index in [-0.39, 0.29) is 5.15 Å². The third kappa shape index (κ3) is 2.73. The molecule has 0 amide bonds. The van der Waals surface area contributed by atoms with Gasteiger partial charge in [0, 0.05) is 10.2 Å². The maximum absolute atomic E-state index is 5.94. The number of aromatic nitrogens is 2. The molecule has 2 aromatic rings. The second-order valence-electron chi connectivity index (χ2n) is 3.63. The van der Waals surface area contributed by atoms with E-state index in [1.54, 1.807) is 0 Å². The Morgan fingerprint density at radius 3 is 2.78 bits per heavy atom. The lowest BCUT2D eigenvalue weighted by Crippen LogP contribution is -2.00. The second-order valence-corrected chi connectivity index (χ2v) is 4.90. The number of nitrogens with zero attached hydrogens (tertiary/aromatic N) is 2. The molecule has 1 aromatic heterocycles. The number of aryl methyl sites for hydroxylation is 1. The molecule has 1 N–H and O–H groups in total. The molecule has 0 aliphatic heterocycles. The van der Waals surface area contributed by atoms with Crippen LogP contribution in [0, 0.1) is 6.92 Å². The van der Waals surface area contributed by atoms with Crippen molar-refractivity contribution in [2.45, 2.75) is 6.92 Å². The van der Waals surface area contributed by atoms with Crippen molar-refractivity contribution in [1.82, 2.24) is 9.97 Å². The van der Waals surface area contributed by atoms with E-state index in [1.165, 1.54) is 13.4 Å². The molecule has 0 saturated heterocycles. The lowest BCUT2D eigenvalue weighted by atomic mass is 10.2. The number of hydrogen-bond donors (Lipinski definition) is 1. The van der Waals surface area contributed by atoms with Crippen LogP contribution in [0.3, 0.4) is 0 Å². The van der Waals surface area contributed by atoms with Crippen LogP contribution in [-0.2, 0) is 0 Å². The molecule has 0 spiro atoms. The highest BCUT2D eigenvalue weighted by Gasteiger charge is 2.11. The molecule has 0 aliphatic carbocycles. The van der Waals surface area contributed by atoms with Crippen molar-refractivity contribution in [2.24, 2.45) is 0 Å². The fraction of sp³-hybridized carbons (Fsp3) is 0.167. The number of anilines is 2. The lowest BCUT2D eigenvalue weighted by molar-refractivity contribution is 0.413. The van der Waals surface area contributed by atoms with Crippen LogP contribution in [-0.4, -0.2) is 17.1 Å². The van der Waals surface area contributed by atoms with Gasteiger partial charge in [-0.2, -0.15) is 0 Å². The standard InChI is InChI=1S/C12H11BrClN3O/c1-7-5-8(13)3-4-9(7)17-12-10(18-2)11(14)15-6-16-12/h3-6H,1-2H3,(H,15,16,17).